The van der Waals surface area contributed by atoms with Crippen LogP contribution in [0.2, 0.25) is 10.0 Å². The van der Waals surface area contributed by atoms with E-state index >= 15 is 0 Å². The van der Waals surface area contributed by atoms with Crippen LogP contribution in [0.4, 0.5) is 0 Å². The fourth-order valence-electron chi connectivity index (χ4n) is 2.54. The highest BCUT2D eigenvalue weighted by molar-refractivity contribution is 7.90. The Morgan fingerprint density at radius 2 is 1.89 bits per heavy atom. The number of hydrogen-bond donors (Lipinski definition) is 1. The average molecular weight is 440 g/mol. The lowest BCUT2D eigenvalue weighted by Crippen LogP contribution is -2.31. The zero-order valence-electron chi connectivity index (χ0n) is 14.8. The van der Waals surface area contributed by atoms with Crippen molar-refractivity contribution in [1.82, 2.24) is 14.5 Å². The second-order valence-electron chi connectivity index (χ2n) is 5.78. The number of methoxy groups -OCH3 is 1. The first-order chi connectivity index (χ1) is 13.2. The Kier molecular flexibility index (Phi) is 5.64. The molecule has 3 aromatic rings. The molecule has 0 aliphatic heterocycles. The van der Waals surface area contributed by atoms with Crippen molar-refractivity contribution >= 4 is 39.1 Å². The van der Waals surface area contributed by atoms with Crippen molar-refractivity contribution in [2.24, 2.45) is 7.05 Å². The van der Waals surface area contributed by atoms with Gasteiger partial charge in [-0.15, -0.1) is 0 Å². The van der Waals surface area contributed by atoms with Gasteiger partial charge in [-0.1, -0.05) is 35.3 Å². The van der Waals surface area contributed by atoms with Gasteiger partial charge in [0.25, 0.3) is 15.9 Å². The van der Waals surface area contributed by atoms with Crippen LogP contribution in [0.1, 0.15) is 10.5 Å². The van der Waals surface area contributed by atoms with E-state index in [1.165, 1.54) is 36.1 Å². The van der Waals surface area contributed by atoms with E-state index in [4.69, 9.17) is 27.9 Å². The topological polar surface area (TPSA) is 90.3 Å². The number of benzene rings is 2. The zero-order valence-corrected chi connectivity index (χ0v) is 17.1. The van der Waals surface area contributed by atoms with E-state index in [1.54, 1.807) is 31.3 Å². The third kappa shape index (κ3) is 4.14. The molecule has 7 nitrogen and oxygen atoms in total. The summed E-state index contributed by atoms with van der Waals surface area (Å²) in [4.78, 5) is 12.2. The van der Waals surface area contributed by atoms with Gasteiger partial charge in [-0.25, -0.2) is 13.1 Å². The molecular weight excluding hydrogens is 425 g/mol. The molecule has 146 valence electrons. The number of halogens is 2. The van der Waals surface area contributed by atoms with Crippen LogP contribution in [-0.4, -0.2) is 31.2 Å². The van der Waals surface area contributed by atoms with Gasteiger partial charge in [0.2, 0.25) is 0 Å². The number of amides is 1. The van der Waals surface area contributed by atoms with E-state index in [1.807, 2.05) is 4.72 Å². The summed E-state index contributed by atoms with van der Waals surface area (Å²) in [6.07, 6.45) is 0. The van der Waals surface area contributed by atoms with Gasteiger partial charge >= 0.3 is 0 Å². The first kappa shape index (κ1) is 20.2. The molecule has 10 heteroatoms. The van der Waals surface area contributed by atoms with E-state index in [-0.39, 0.29) is 15.6 Å². The van der Waals surface area contributed by atoms with Gasteiger partial charge in [0, 0.05) is 23.7 Å². The van der Waals surface area contributed by atoms with Crippen LogP contribution in [0.25, 0.3) is 11.3 Å². The van der Waals surface area contributed by atoms with Crippen molar-refractivity contribution in [2.45, 2.75) is 4.90 Å². The lowest BCUT2D eigenvalue weighted by atomic mass is 10.1. The summed E-state index contributed by atoms with van der Waals surface area (Å²) in [6, 6.07) is 12.6. The second kappa shape index (κ2) is 7.83. The number of ether oxygens (including phenoxy) is 1. The average Bonchev–Trinajstić information content (AvgIpc) is 3.03. The van der Waals surface area contributed by atoms with Gasteiger partial charge < -0.3 is 4.74 Å². The van der Waals surface area contributed by atoms with Gasteiger partial charge in [-0.05, 0) is 30.3 Å². The van der Waals surface area contributed by atoms with Crippen molar-refractivity contribution in [3.05, 3.63) is 64.3 Å². The molecule has 0 unspecified atom stereocenters. The molecule has 1 amide bonds. The third-order valence-corrected chi connectivity index (χ3v) is 5.94. The minimum atomic E-state index is -4.23. The summed E-state index contributed by atoms with van der Waals surface area (Å²) in [5.41, 5.74) is 1.27. The molecule has 3 rings (SSSR count). The van der Waals surface area contributed by atoms with E-state index in [0.717, 1.165) is 5.56 Å². The molecule has 1 heterocycles. The van der Waals surface area contributed by atoms with Crippen molar-refractivity contribution in [1.29, 1.82) is 0 Å². The van der Waals surface area contributed by atoms with Gasteiger partial charge in [-0.2, -0.15) is 5.10 Å². The smallest absolute Gasteiger partial charge is 0.285 e. The Morgan fingerprint density at radius 1 is 1.14 bits per heavy atom. The molecule has 0 radical (unpaired) electrons. The summed E-state index contributed by atoms with van der Waals surface area (Å²) in [5.74, 6) is -0.596. The Bertz CT molecular complexity index is 1160. The molecule has 1 N–H and O–H groups in total. The number of aromatic nitrogens is 2. The number of carbonyl (C=O) groups is 1. The second-order valence-corrected chi connectivity index (χ2v) is 8.27. The predicted octanol–water partition coefficient (Wildman–Crippen LogP) is 3.52. The molecule has 28 heavy (non-hydrogen) atoms. The largest absolute Gasteiger partial charge is 0.497 e. The molecule has 0 aliphatic carbocycles. The fraction of sp³-hybridized carbons (Fsp3) is 0.111. The maximum atomic E-state index is 12.6. The maximum Gasteiger partial charge on any atom is 0.285 e. The van der Waals surface area contributed by atoms with Crippen LogP contribution in [0.3, 0.4) is 0 Å². The molecule has 2 aromatic carbocycles. The SMILES string of the molecule is COc1ccc(Cl)c(S(=O)(=O)NC(=O)c2cc(-c3cccc(Cl)c3)n(C)n2)c1. The Balaban J connectivity index is 1.90. The van der Waals surface area contributed by atoms with E-state index in [0.29, 0.717) is 16.5 Å². The van der Waals surface area contributed by atoms with Crippen molar-refractivity contribution in [3.63, 3.8) is 0 Å². The van der Waals surface area contributed by atoms with Crippen LogP contribution in [-0.2, 0) is 17.1 Å². The van der Waals surface area contributed by atoms with Gasteiger partial charge in [0.05, 0.1) is 17.8 Å². The molecule has 0 saturated carbocycles. The van der Waals surface area contributed by atoms with Crippen molar-refractivity contribution < 1.29 is 17.9 Å². The number of carbonyl (C=O) groups excluding carboxylic acids is 1. The predicted molar refractivity (Wildman–Crippen MR) is 106 cm³/mol. The van der Waals surface area contributed by atoms with E-state index < -0.39 is 15.9 Å². The van der Waals surface area contributed by atoms with E-state index in [2.05, 4.69) is 5.10 Å². The Morgan fingerprint density at radius 3 is 2.57 bits per heavy atom. The van der Waals surface area contributed by atoms with Crippen LogP contribution >= 0.6 is 23.2 Å². The zero-order chi connectivity index (χ0) is 20.5. The van der Waals surface area contributed by atoms with Crippen molar-refractivity contribution in [3.8, 4) is 17.0 Å². The van der Waals surface area contributed by atoms with Gasteiger partial charge in [0.1, 0.15) is 10.6 Å². The lowest BCUT2D eigenvalue weighted by Gasteiger charge is -2.09. The minimum Gasteiger partial charge on any atom is -0.497 e. The van der Waals surface area contributed by atoms with Crippen LogP contribution in [0, 0.1) is 0 Å². The number of sulfonamides is 1. The highest BCUT2D eigenvalue weighted by atomic mass is 35.5. The summed E-state index contributed by atoms with van der Waals surface area (Å²) < 4.78 is 33.6. The lowest BCUT2D eigenvalue weighted by molar-refractivity contribution is 0.0976. The number of hydrogen-bond acceptors (Lipinski definition) is 5. The van der Waals surface area contributed by atoms with Crippen molar-refractivity contribution in [2.75, 3.05) is 7.11 Å². The summed E-state index contributed by atoms with van der Waals surface area (Å²) >= 11 is 12.0. The van der Waals surface area contributed by atoms with Crippen LogP contribution in [0.5, 0.6) is 5.75 Å². The molecule has 0 bridgehead atoms. The summed E-state index contributed by atoms with van der Waals surface area (Å²) in [5, 5.41) is 4.58. The first-order valence-corrected chi connectivity index (χ1v) is 10.2. The highest BCUT2D eigenvalue weighted by Gasteiger charge is 2.24. The Hall–Kier alpha value is -2.55. The Labute approximate surface area is 171 Å². The monoisotopic (exact) mass is 439 g/mol. The minimum absolute atomic E-state index is 0.0401. The normalized spacial score (nSPS) is 11.3. The molecule has 0 aliphatic rings. The third-order valence-electron chi connectivity index (χ3n) is 3.89. The van der Waals surface area contributed by atoms with Gasteiger partial charge in [0.15, 0.2) is 5.69 Å². The summed E-state index contributed by atoms with van der Waals surface area (Å²) in [7, 11) is -1.20. The number of rotatable bonds is 5. The van der Waals surface area contributed by atoms with Crippen LogP contribution < -0.4 is 9.46 Å². The van der Waals surface area contributed by atoms with E-state index in [9.17, 15) is 13.2 Å². The van der Waals surface area contributed by atoms with Gasteiger partial charge in [-0.3, -0.25) is 9.48 Å². The molecule has 0 atom stereocenters. The highest BCUT2D eigenvalue weighted by Crippen LogP contribution is 2.27. The standard InChI is InChI=1S/C18H15Cl2N3O4S/c1-23-16(11-4-3-5-12(19)8-11)10-15(21-23)18(24)22-28(25,26)17-9-13(27-2)6-7-14(17)20/h3-10H,1-2H3,(H,22,24). The molecule has 1 aromatic heterocycles. The number of aryl methyl sites for hydroxylation is 1. The molecule has 0 saturated heterocycles. The molecule has 0 spiro atoms. The van der Waals surface area contributed by atoms with Crippen LogP contribution in [0.15, 0.2) is 53.4 Å². The fourth-order valence-corrected chi connectivity index (χ4v) is 4.21. The molecule has 0 fully saturated rings. The maximum absolute atomic E-state index is 12.6. The number of nitrogens with zero attached hydrogens (tertiary/aromatic N) is 2. The quantitative estimate of drug-likeness (QED) is 0.656. The summed E-state index contributed by atoms with van der Waals surface area (Å²) in [6.45, 7) is 0. The first-order valence-electron chi connectivity index (χ1n) is 7.92. The number of nitrogens with one attached hydrogen (secondary N) is 1. The molecular formula is C18H15Cl2N3O4S.